The van der Waals surface area contributed by atoms with Crippen LogP contribution in [0.4, 0.5) is 0 Å². The van der Waals surface area contributed by atoms with E-state index in [4.69, 9.17) is 24.7 Å². The maximum absolute atomic E-state index is 13.3. The summed E-state index contributed by atoms with van der Waals surface area (Å²) in [6.07, 6.45) is 0.313. The molecule has 1 aliphatic rings. The summed E-state index contributed by atoms with van der Waals surface area (Å²) in [6.45, 7) is 23.5. The van der Waals surface area contributed by atoms with Crippen molar-refractivity contribution in [3.63, 3.8) is 0 Å². The normalized spacial score (nSPS) is 17.3. The highest BCUT2D eigenvalue weighted by atomic mass is 16.6. The molecule has 0 bridgehead atoms. The van der Waals surface area contributed by atoms with Crippen LogP contribution in [0.3, 0.4) is 0 Å². The molecule has 2 N–H and O–H groups in total. The Kier molecular flexibility index (Phi) is 13.7. The zero-order chi connectivity index (χ0) is 33.4. The number of rotatable bonds is 11. The van der Waals surface area contributed by atoms with Crippen LogP contribution in [-0.4, -0.2) is 102 Å². The monoisotopic (exact) mass is 613 g/mol. The second-order valence-electron chi connectivity index (χ2n) is 15.8. The van der Waals surface area contributed by atoms with Crippen molar-refractivity contribution in [3.05, 3.63) is 0 Å². The summed E-state index contributed by atoms with van der Waals surface area (Å²) in [5, 5.41) is 0. The van der Waals surface area contributed by atoms with Crippen molar-refractivity contribution < 1.29 is 38.1 Å². The molecular formula is C32H59N3O8. The van der Waals surface area contributed by atoms with Crippen molar-refractivity contribution in [1.29, 1.82) is 0 Å². The zero-order valence-electron chi connectivity index (χ0n) is 28.9. The number of carbonyl (C=O) groups is 4. The van der Waals surface area contributed by atoms with Crippen LogP contribution in [0.5, 0.6) is 0 Å². The van der Waals surface area contributed by atoms with Crippen LogP contribution >= 0.6 is 0 Å². The first kappa shape index (κ1) is 38.8. The molecule has 0 unspecified atom stereocenters. The molecule has 0 atom stereocenters. The molecule has 43 heavy (non-hydrogen) atoms. The molecule has 1 rings (SSSR count). The van der Waals surface area contributed by atoms with Crippen LogP contribution in [0.15, 0.2) is 0 Å². The van der Waals surface area contributed by atoms with E-state index in [0.29, 0.717) is 32.6 Å². The molecule has 1 aliphatic heterocycles. The molecule has 11 heteroatoms. The molecule has 0 aromatic carbocycles. The van der Waals surface area contributed by atoms with Crippen LogP contribution in [-0.2, 0) is 38.1 Å². The lowest BCUT2D eigenvalue weighted by molar-refractivity contribution is -0.164. The summed E-state index contributed by atoms with van der Waals surface area (Å²) >= 11 is 0. The van der Waals surface area contributed by atoms with Gasteiger partial charge in [0.25, 0.3) is 0 Å². The number of nitrogens with two attached hydrogens (primary N) is 1. The molecule has 250 valence electrons. The van der Waals surface area contributed by atoms with Gasteiger partial charge in [0.15, 0.2) is 0 Å². The van der Waals surface area contributed by atoms with Gasteiger partial charge >= 0.3 is 23.9 Å². The molecule has 0 spiro atoms. The highest BCUT2D eigenvalue weighted by Gasteiger charge is 2.46. The molecule has 1 fully saturated rings. The van der Waals surface area contributed by atoms with Crippen LogP contribution in [0.25, 0.3) is 0 Å². The van der Waals surface area contributed by atoms with Gasteiger partial charge in [-0.1, -0.05) is 0 Å². The van der Waals surface area contributed by atoms with Gasteiger partial charge in [-0.15, -0.1) is 0 Å². The number of hydrogen-bond acceptors (Lipinski definition) is 11. The first-order chi connectivity index (χ1) is 19.3. The second-order valence-corrected chi connectivity index (χ2v) is 15.8. The summed E-state index contributed by atoms with van der Waals surface area (Å²) in [6, 6.07) is 0. The fourth-order valence-electron chi connectivity index (χ4n) is 5.35. The van der Waals surface area contributed by atoms with Crippen LogP contribution in [0.1, 0.15) is 102 Å². The Bertz CT molecular complexity index is 884. The molecule has 0 radical (unpaired) electrons. The molecule has 0 aliphatic carbocycles. The third-order valence-corrected chi connectivity index (χ3v) is 6.53. The fourth-order valence-corrected chi connectivity index (χ4v) is 5.35. The summed E-state index contributed by atoms with van der Waals surface area (Å²) in [5.74, 6) is -2.21. The number of hydrogen-bond donors (Lipinski definition) is 1. The van der Waals surface area contributed by atoms with Gasteiger partial charge in [-0.2, -0.15) is 0 Å². The smallest absolute Gasteiger partial charge is 0.320 e. The lowest BCUT2D eigenvalue weighted by Crippen LogP contribution is -2.50. The van der Waals surface area contributed by atoms with Crippen LogP contribution < -0.4 is 5.73 Å². The first-order valence-corrected chi connectivity index (χ1v) is 15.3. The number of carbonyl (C=O) groups excluding carboxylic acids is 4. The standard InChI is InChI=1S/C32H59N3O8/c1-28(2,3)40-24(36)17-23(18-25(37)41-29(4,5)6)32(13-14-33)21-34(19-26(38)42-30(7,8)9)15-16-35(22-32)20-27(39)43-31(10,11)12/h23H,13-22,33H2,1-12H3. The summed E-state index contributed by atoms with van der Waals surface area (Å²) in [4.78, 5) is 56.3. The van der Waals surface area contributed by atoms with E-state index in [-0.39, 0.29) is 44.4 Å². The molecule has 1 heterocycles. The quantitative estimate of drug-likeness (QED) is 0.270. The Morgan fingerprint density at radius 1 is 0.605 bits per heavy atom. The van der Waals surface area contributed by atoms with Crippen molar-refractivity contribution in [2.24, 2.45) is 17.1 Å². The van der Waals surface area contributed by atoms with E-state index in [2.05, 4.69) is 0 Å². The van der Waals surface area contributed by atoms with Gasteiger partial charge in [-0.25, -0.2) is 0 Å². The second kappa shape index (κ2) is 15.2. The predicted molar refractivity (Wildman–Crippen MR) is 165 cm³/mol. The zero-order valence-corrected chi connectivity index (χ0v) is 28.9. The Hall–Kier alpha value is -2.24. The van der Waals surface area contributed by atoms with E-state index in [1.807, 2.05) is 51.3 Å². The number of ether oxygens (including phenoxy) is 4. The maximum Gasteiger partial charge on any atom is 0.320 e. The first-order valence-electron chi connectivity index (χ1n) is 15.3. The Balaban J connectivity index is 3.59. The van der Waals surface area contributed by atoms with Crippen molar-refractivity contribution >= 4 is 23.9 Å². The minimum Gasteiger partial charge on any atom is -0.460 e. The molecular weight excluding hydrogens is 554 g/mol. The van der Waals surface area contributed by atoms with E-state index in [9.17, 15) is 19.2 Å². The van der Waals surface area contributed by atoms with Gasteiger partial charge in [0.2, 0.25) is 0 Å². The van der Waals surface area contributed by atoms with Crippen molar-refractivity contribution in [2.45, 2.75) is 125 Å². The number of esters is 4. The van der Waals surface area contributed by atoms with E-state index in [0.717, 1.165) is 0 Å². The Labute approximate surface area is 259 Å². The van der Waals surface area contributed by atoms with Crippen molar-refractivity contribution in [3.8, 4) is 0 Å². The fraction of sp³-hybridized carbons (Fsp3) is 0.875. The van der Waals surface area contributed by atoms with E-state index in [1.54, 1.807) is 41.5 Å². The van der Waals surface area contributed by atoms with E-state index < -0.39 is 45.7 Å². The van der Waals surface area contributed by atoms with Gasteiger partial charge < -0.3 is 24.7 Å². The minimum absolute atomic E-state index is 0.00939. The SMILES string of the molecule is CC(C)(C)OC(=O)CC(CC(=O)OC(C)(C)C)C1(CCN)CN(CC(=O)OC(C)(C)C)CCN(CC(=O)OC(C)(C)C)C1. The minimum atomic E-state index is -0.775. The van der Waals surface area contributed by atoms with Gasteiger partial charge in [0, 0.05) is 44.4 Å². The average Bonchev–Trinajstić information content (AvgIpc) is 2.87. The summed E-state index contributed by atoms with van der Waals surface area (Å²) in [7, 11) is 0. The van der Waals surface area contributed by atoms with Crippen LogP contribution in [0, 0.1) is 11.3 Å². The molecule has 0 amide bonds. The lowest BCUT2D eigenvalue weighted by Gasteiger charge is -2.44. The Morgan fingerprint density at radius 3 is 1.19 bits per heavy atom. The highest BCUT2D eigenvalue weighted by Crippen LogP contribution is 2.40. The number of nitrogens with zero attached hydrogens (tertiary/aromatic N) is 2. The van der Waals surface area contributed by atoms with Gasteiger partial charge in [-0.3, -0.25) is 29.0 Å². The largest absolute Gasteiger partial charge is 0.460 e. The van der Waals surface area contributed by atoms with Crippen molar-refractivity contribution in [1.82, 2.24) is 9.80 Å². The molecule has 11 nitrogen and oxygen atoms in total. The van der Waals surface area contributed by atoms with Crippen molar-refractivity contribution in [2.75, 3.05) is 45.8 Å². The predicted octanol–water partition coefficient (Wildman–Crippen LogP) is 3.70. The molecule has 1 saturated heterocycles. The lowest BCUT2D eigenvalue weighted by atomic mass is 9.69. The summed E-state index contributed by atoms with van der Waals surface area (Å²) in [5.41, 5.74) is 2.68. The Morgan fingerprint density at radius 2 is 0.907 bits per heavy atom. The molecule has 0 aromatic heterocycles. The summed E-state index contributed by atoms with van der Waals surface area (Å²) < 4.78 is 22.6. The van der Waals surface area contributed by atoms with E-state index >= 15 is 0 Å². The van der Waals surface area contributed by atoms with Crippen LogP contribution in [0.2, 0.25) is 0 Å². The molecule has 0 saturated carbocycles. The van der Waals surface area contributed by atoms with E-state index in [1.165, 1.54) is 0 Å². The molecule has 0 aromatic rings. The third kappa shape index (κ3) is 16.4. The average molecular weight is 614 g/mol. The van der Waals surface area contributed by atoms with Gasteiger partial charge in [0.05, 0.1) is 13.1 Å². The third-order valence-electron chi connectivity index (χ3n) is 6.53. The van der Waals surface area contributed by atoms with Gasteiger partial charge in [-0.05, 0) is 102 Å². The highest BCUT2D eigenvalue weighted by molar-refractivity contribution is 5.74. The van der Waals surface area contributed by atoms with Gasteiger partial charge in [0.1, 0.15) is 22.4 Å². The maximum atomic E-state index is 13.3. The topological polar surface area (TPSA) is 138 Å².